The molecular formula is C9H10O2. The first-order chi connectivity index (χ1) is 5.42. The van der Waals surface area contributed by atoms with Crippen molar-refractivity contribution < 1.29 is 9.47 Å². The van der Waals surface area contributed by atoms with Crippen LogP contribution in [0, 0.1) is 0 Å². The van der Waals surface area contributed by atoms with Gasteiger partial charge in [0.25, 0.3) is 0 Å². The van der Waals surface area contributed by atoms with Crippen molar-refractivity contribution in [2.75, 3.05) is 6.61 Å². The van der Waals surface area contributed by atoms with Gasteiger partial charge in [-0.3, -0.25) is 0 Å². The van der Waals surface area contributed by atoms with E-state index in [4.69, 9.17) is 9.47 Å². The van der Waals surface area contributed by atoms with Crippen LogP contribution in [0.2, 0.25) is 0 Å². The summed E-state index contributed by atoms with van der Waals surface area (Å²) in [5.74, 6) is 1.05. The van der Waals surface area contributed by atoms with E-state index in [0.717, 1.165) is 25.2 Å². The van der Waals surface area contributed by atoms with Crippen LogP contribution in [0.1, 0.15) is 12.8 Å². The van der Waals surface area contributed by atoms with E-state index in [1.54, 1.807) is 0 Å². The minimum Gasteiger partial charge on any atom is -0.495 e. The lowest BCUT2D eigenvalue weighted by Crippen LogP contribution is -2.26. The molecule has 2 unspecified atom stereocenters. The maximum atomic E-state index is 5.59. The van der Waals surface area contributed by atoms with Crippen LogP contribution in [0.4, 0.5) is 0 Å². The quantitative estimate of drug-likeness (QED) is 0.487. The molecule has 3 aliphatic rings. The van der Waals surface area contributed by atoms with E-state index in [9.17, 15) is 0 Å². The summed E-state index contributed by atoms with van der Waals surface area (Å²) in [5.41, 5.74) is -0.00694. The second kappa shape index (κ2) is 1.69. The maximum Gasteiger partial charge on any atom is 0.155 e. The largest absolute Gasteiger partial charge is 0.495 e. The van der Waals surface area contributed by atoms with E-state index in [1.807, 2.05) is 12.2 Å². The molecule has 11 heavy (non-hydrogen) atoms. The van der Waals surface area contributed by atoms with E-state index in [1.165, 1.54) is 0 Å². The van der Waals surface area contributed by atoms with Crippen LogP contribution in [0.3, 0.4) is 0 Å². The van der Waals surface area contributed by atoms with Gasteiger partial charge in [0.2, 0.25) is 0 Å². The topological polar surface area (TPSA) is 21.8 Å². The van der Waals surface area contributed by atoms with Gasteiger partial charge in [0.05, 0.1) is 6.61 Å². The average Bonchev–Trinajstić information content (AvgIpc) is 2.75. The van der Waals surface area contributed by atoms with Gasteiger partial charge >= 0.3 is 0 Å². The Morgan fingerprint density at radius 1 is 1.55 bits per heavy atom. The van der Waals surface area contributed by atoms with Gasteiger partial charge in [-0.05, 0) is 18.9 Å². The Bertz CT molecular complexity index is 254. The molecule has 1 aliphatic carbocycles. The molecule has 0 N–H and O–H groups in total. The highest BCUT2D eigenvalue weighted by atomic mass is 16.6. The fourth-order valence-corrected chi connectivity index (χ4v) is 1.98. The normalized spacial score (nSPS) is 45.1. The Labute approximate surface area is 65.5 Å². The number of rotatable bonds is 0. The Hall–Kier alpha value is -0.760. The highest BCUT2D eigenvalue weighted by molar-refractivity contribution is 5.36. The molecule has 0 bridgehead atoms. The van der Waals surface area contributed by atoms with Gasteiger partial charge in [0.1, 0.15) is 11.9 Å². The molecule has 58 valence electrons. The monoisotopic (exact) mass is 150 g/mol. The Morgan fingerprint density at radius 2 is 2.55 bits per heavy atom. The zero-order valence-corrected chi connectivity index (χ0v) is 6.25. The average molecular weight is 150 g/mol. The number of hydrogen-bond acceptors (Lipinski definition) is 2. The maximum absolute atomic E-state index is 5.59. The van der Waals surface area contributed by atoms with E-state index >= 15 is 0 Å². The van der Waals surface area contributed by atoms with Gasteiger partial charge in [0, 0.05) is 0 Å². The predicted molar refractivity (Wildman–Crippen MR) is 40.0 cm³/mol. The lowest BCUT2D eigenvalue weighted by Gasteiger charge is -2.24. The molecular weight excluding hydrogens is 140 g/mol. The SMILES string of the molecule is C1=CC2OC23CCCOC3=C1. The van der Waals surface area contributed by atoms with Crippen molar-refractivity contribution in [2.24, 2.45) is 0 Å². The minimum absolute atomic E-state index is 0.00694. The number of hydrogen-bond donors (Lipinski definition) is 0. The van der Waals surface area contributed by atoms with Gasteiger partial charge in [-0.15, -0.1) is 0 Å². The van der Waals surface area contributed by atoms with Gasteiger partial charge < -0.3 is 9.47 Å². The van der Waals surface area contributed by atoms with Crippen molar-refractivity contribution in [2.45, 2.75) is 24.5 Å². The van der Waals surface area contributed by atoms with E-state index in [2.05, 4.69) is 6.08 Å². The van der Waals surface area contributed by atoms with Crippen molar-refractivity contribution in [3.63, 3.8) is 0 Å². The fourth-order valence-electron chi connectivity index (χ4n) is 1.98. The summed E-state index contributed by atoms with van der Waals surface area (Å²) in [6.45, 7) is 0.859. The molecule has 2 aliphatic heterocycles. The molecule has 2 heterocycles. The molecule has 0 aromatic heterocycles. The standard InChI is InChI=1S/C9H10O2/c1-3-7-9(5-2-6-10-7)8(4-1)11-9/h1,3-4,8H,2,5-6H2. The summed E-state index contributed by atoms with van der Waals surface area (Å²) >= 11 is 0. The number of ether oxygens (including phenoxy) is 2. The van der Waals surface area contributed by atoms with Crippen LogP contribution in [0.15, 0.2) is 24.0 Å². The smallest absolute Gasteiger partial charge is 0.155 e. The van der Waals surface area contributed by atoms with Crippen LogP contribution >= 0.6 is 0 Å². The molecule has 0 radical (unpaired) electrons. The summed E-state index contributed by atoms with van der Waals surface area (Å²) in [5, 5.41) is 0. The first-order valence-electron chi connectivity index (χ1n) is 4.11. The van der Waals surface area contributed by atoms with Crippen LogP contribution in [0.25, 0.3) is 0 Å². The molecule has 0 aromatic rings. The third-order valence-corrected chi connectivity index (χ3v) is 2.64. The zero-order valence-electron chi connectivity index (χ0n) is 6.25. The Morgan fingerprint density at radius 3 is 3.45 bits per heavy atom. The third kappa shape index (κ3) is 0.607. The Kier molecular flexibility index (Phi) is 0.899. The lowest BCUT2D eigenvalue weighted by molar-refractivity contribution is 0.102. The van der Waals surface area contributed by atoms with E-state index in [0.29, 0.717) is 6.10 Å². The van der Waals surface area contributed by atoms with E-state index in [-0.39, 0.29) is 5.60 Å². The van der Waals surface area contributed by atoms with E-state index < -0.39 is 0 Å². The molecule has 2 nitrogen and oxygen atoms in total. The zero-order chi connectivity index (χ0) is 7.31. The summed E-state index contributed by atoms with van der Waals surface area (Å²) < 4.78 is 11.1. The molecule has 3 rings (SSSR count). The van der Waals surface area contributed by atoms with Crippen LogP contribution in [-0.2, 0) is 9.47 Å². The van der Waals surface area contributed by atoms with Gasteiger partial charge in [-0.25, -0.2) is 0 Å². The minimum atomic E-state index is -0.00694. The molecule has 1 spiro atoms. The predicted octanol–water partition coefficient (Wildman–Crippen LogP) is 1.39. The van der Waals surface area contributed by atoms with Crippen molar-refractivity contribution in [1.82, 2.24) is 0 Å². The van der Waals surface area contributed by atoms with Crippen LogP contribution in [0.5, 0.6) is 0 Å². The molecule has 0 saturated carbocycles. The summed E-state index contributed by atoms with van der Waals surface area (Å²) in [7, 11) is 0. The number of allylic oxidation sites excluding steroid dienone is 2. The van der Waals surface area contributed by atoms with Crippen LogP contribution in [-0.4, -0.2) is 18.3 Å². The first kappa shape index (κ1) is 5.84. The van der Waals surface area contributed by atoms with Crippen molar-refractivity contribution in [1.29, 1.82) is 0 Å². The van der Waals surface area contributed by atoms with Crippen molar-refractivity contribution in [3.8, 4) is 0 Å². The van der Waals surface area contributed by atoms with Crippen molar-refractivity contribution in [3.05, 3.63) is 24.0 Å². The van der Waals surface area contributed by atoms with Crippen LogP contribution < -0.4 is 0 Å². The third-order valence-electron chi connectivity index (χ3n) is 2.64. The first-order valence-corrected chi connectivity index (χ1v) is 4.11. The molecule has 2 saturated heterocycles. The fraction of sp³-hybridized carbons (Fsp3) is 0.556. The molecule has 0 amide bonds. The van der Waals surface area contributed by atoms with Gasteiger partial charge in [-0.2, -0.15) is 0 Å². The number of epoxide rings is 1. The van der Waals surface area contributed by atoms with Gasteiger partial charge in [0.15, 0.2) is 5.60 Å². The molecule has 2 atom stereocenters. The van der Waals surface area contributed by atoms with Gasteiger partial charge in [-0.1, -0.05) is 12.2 Å². The highest BCUT2D eigenvalue weighted by Gasteiger charge is 2.60. The van der Waals surface area contributed by atoms with Crippen molar-refractivity contribution >= 4 is 0 Å². The molecule has 0 aromatic carbocycles. The molecule has 2 fully saturated rings. The summed E-state index contributed by atoms with van der Waals surface area (Å²) in [6, 6.07) is 0. The summed E-state index contributed by atoms with van der Waals surface area (Å²) in [4.78, 5) is 0. The summed E-state index contributed by atoms with van der Waals surface area (Å²) in [6.07, 6.45) is 8.75. The Balaban J connectivity index is 2.02. The lowest BCUT2D eigenvalue weighted by atomic mass is 9.91. The second-order valence-corrected chi connectivity index (χ2v) is 3.30. The molecule has 2 heteroatoms. The second-order valence-electron chi connectivity index (χ2n) is 3.30. The highest BCUT2D eigenvalue weighted by Crippen LogP contribution is 2.51.